The number of hydrogen-bond acceptors (Lipinski definition) is 4. The quantitative estimate of drug-likeness (QED) is 0.311. The Bertz CT molecular complexity index is 1310. The van der Waals surface area contributed by atoms with Crippen LogP contribution in [0.5, 0.6) is 0 Å². The predicted octanol–water partition coefficient (Wildman–Crippen LogP) is 5.80. The van der Waals surface area contributed by atoms with Gasteiger partial charge in [-0.05, 0) is 53.3 Å². The zero-order valence-corrected chi connectivity index (χ0v) is 20.2. The molecule has 1 unspecified atom stereocenters. The second kappa shape index (κ2) is 10.8. The number of H-pyrrole nitrogens is 1. The molecule has 0 saturated heterocycles. The number of imidazole rings is 1. The summed E-state index contributed by atoms with van der Waals surface area (Å²) in [6.07, 6.45) is -0.0397. The number of unbranched alkanes of at least 4 members (excludes halogenated alkanes) is 1. The molecule has 0 aliphatic carbocycles. The number of nitrogens with one attached hydrogen (secondary N) is 1. The van der Waals surface area contributed by atoms with Crippen molar-refractivity contribution in [3.05, 3.63) is 76.0 Å². The smallest absolute Gasteiger partial charge is 0.291 e. The average Bonchev–Trinajstić information content (AvgIpc) is 3.50. The van der Waals surface area contributed by atoms with Crippen LogP contribution in [-0.2, 0) is 13.0 Å². The van der Waals surface area contributed by atoms with Crippen molar-refractivity contribution in [3.63, 3.8) is 0 Å². The molecule has 0 spiro atoms. The van der Waals surface area contributed by atoms with Crippen LogP contribution in [-0.4, -0.2) is 29.8 Å². The van der Waals surface area contributed by atoms with E-state index in [1.165, 1.54) is 9.13 Å². The van der Waals surface area contributed by atoms with Gasteiger partial charge in [0.2, 0.25) is 0 Å². The van der Waals surface area contributed by atoms with Crippen molar-refractivity contribution >= 4 is 0 Å². The molecule has 0 fully saturated rings. The Morgan fingerprint density at radius 1 is 1.03 bits per heavy atom. The maximum Gasteiger partial charge on any atom is 0.329 e. The molecule has 7 nitrogen and oxygen atoms in total. The molecule has 2 aromatic heterocycles. The van der Waals surface area contributed by atoms with Crippen molar-refractivity contribution < 1.29 is 8.78 Å². The van der Waals surface area contributed by atoms with Crippen LogP contribution >= 0.6 is 0 Å². The topological polar surface area (TPSA) is 81.4 Å². The third-order valence-corrected chi connectivity index (χ3v) is 6.46. The molecule has 1 atom stereocenters. The zero-order chi connectivity index (χ0) is 24.9. The van der Waals surface area contributed by atoms with Gasteiger partial charge in [-0.3, -0.25) is 9.13 Å². The molecule has 4 rings (SSSR count). The summed E-state index contributed by atoms with van der Waals surface area (Å²) in [6.45, 7) is 5.98. The van der Waals surface area contributed by atoms with Crippen LogP contribution in [0.2, 0.25) is 0 Å². The van der Waals surface area contributed by atoms with Gasteiger partial charge in [0.15, 0.2) is 5.82 Å². The lowest BCUT2D eigenvalue weighted by Crippen LogP contribution is -2.28. The molecule has 0 bridgehead atoms. The van der Waals surface area contributed by atoms with E-state index in [2.05, 4.69) is 20.6 Å². The van der Waals surface area contributed by atoms with Crippen molar-refractivity contribution in [2.24, 2.45) is 0 Å². The fourth-order valence-electron chi connectivity index (χ4n) is 4.42. The SMILES string of the molecule is CCCCc1c(C(F)F)n(C(C)CC)c(=O)n1Cc1ccc(-c2ccccc2-c2nnn[nH]2)cc1. The molecule has 184 valence electrons. The number of aromatic nitrogens is 6. The lowest BCUT2D eigenvalue weighted by atomic mass is 9.98. The second-order valence-corrected chi connectivity index (χ2v) is 8.72. The van der Waals surface area contributed by atoms with Crippen LogP contribution in [0.3, 0.4) is 0 Å². The molecular weight excluding hydrogens is 450 g/mol. The largest absolute Gasteiger partial charge is 0.329 e. The van der Waals surface area contributed by atoms with E-state index in [-0.39, 0.29) is 24.0 Å². The Kier molecular flexibility index (Phi) is 7.53. The highest BCUT2D eigenvalue weighted by Crippen LogP contribution is 2.31. The van der Waals surface area contributed by atoms with Crippen LogP contribution in [0.1, 0.15) is 69.5 Å². The minimum atomic E-state index is -2.70. The summed E-state index contributed by atoms with van der Waals surface area (Å²) >= 11 is 0. The van der Waals surface area contributed by atoms with E-state index in [9.17, 15) is 13.6 Å². The van der Waals surface area contributed by atoms with Gasteiger partial charge in [-0.15, -0.1) is 5.10 Å². The van der Waals surface area contributed by atoms with E-state index in [0.717, 1.165) is 35.1 Å². The van der Waals surface area contributed by atoms with Gasteiger partial charge < -0.3 is 0 Å². The minimum absolute atomic E-state index is 0.135. The van der Waals surface area contributed by atoms with Crippen LogP contribution in [0.15, 0.2) is 53.3 Å². The second-order valence-electron chi connectivity index (χ2n) is 8.72. The molecule has 0 saturated carbocycles. The molecule has 0 amide bonds. The summed E-state index contributed by atoms with van der Waals surface area (Å²) in [5, 5.41) is 14.1. The number of alkyl halides is 2. The van der Waals surface area contributed by atoms with Crippen molar-refractivity contribution in [2.75, 3.05) is 0 Å². The fourth-order valence-corrected chi connectivity index (χ4v) is 4.42. The summed E-state index contributed by atoms with van der Waals surface area (Å²) in [5.41, 5.74) is 3.60. The fraction of sp³-hybridized carbons (Fsp3) is 0.385. The average molecular weight is 481 g/mol. The molecule has 0 radical (unpaired) electrons. The molecule has 35 heavy (non-hydrogen) atoms. The highest BCUT2D eigenvalue weighted by molar-refractivity contribution is 5.80. The summed E-state index contributed by atoms with van der Waals surface area (Å²) in [6, 6.07) is 15.3. The van der Waals surface area contributed by atoms with E-state index >= 15 is 0 Å². The number of hydrogen-bond donors (Lipinski definition) is 1. The molecule has 4 aromatic rings. The number of aromatic amines is 1. The highest BCUT2D eigenvalue weighted by Gasteiger charge is 2.28. The van der Waals surface area contributed by atoms with Crippen molar-refractivity contribution in [2.45, 2.75) is 65.5 Å². The Balaban J connectivity index is 1.71. The third kappa shape index (κ3) is 4.94. The summed E-state index contributed by atoms with van der Waals surface area (Å²) in [5.74, 6) is 0.572. The van der Waals surface area contributed by atoms with Gasteiger partial charge in [-0.25, -0.2) is 18.7 Å². The molecule has 1 N–H and O–H groups in total. The molecule has 0 aliphatic heterocycles. The first kappa shape index (κ1) is 24.5. The van der Waals surface area contributed by atoms with Crippen LogP contribution in [0.4, 0.5) is 8.78 Å². The van der Waals surface area contributed by atoms with Crippen LogP contribution in [0.25, 0.3) is 22.5 Å². The molecular formula is C26H30F2N6O. The van der Waals surface area contributed by atoms with Gasteiger partial charge >= 0.3 is 5.69 Å². The van der Waals surface area contributed by atoms with E-state index in [1.807, 2.05) is 69.3 Å². The third-order valence-electron chi connectivity index (χ3n) is 6.46. The maximum atomic E-state index is 14.1. The first-order valence-corrected chi connectivity index (χ1v) is 12.0. The van der Waals surface area contributed by atoms with Gasteiger partial charge in [-0.1, -0.05) is 68.8 Å². The van der Waals surface area contributed by atoms with Crippen LogP contribution < -0.4 is 5.69 Å². The van der Waals surface area contributed by atoms with Gasteiger partial charge in [0.25, 0.3) is 6.43 Å². The normalized spacial score (nSPS) is 12.4. The highest BCUT2D eigenvalue weighted by atomic mass is 19.3. The van der Waals surface area contributed by atoms with Gasteiger partial charge in [0.1, 0.15) is 5.69 Å². The van der Waals surface area contributed by atoms with Crippen LogP contribution in [0, 0.1) is 0 Å². The van der Waals surface area contributed by atoms with Gasteiger partial charge in [0, 0.05) is 17.3 Å². The molecule has 9 heteroatoms. The lowest BCUT2D eigenvalue weighted by molar-refractivity contribution is 0.136. The minimum Gasteiger partial charge on any atom is -0.291 e. The van der Waals surface area contributed by atoms with E-state index in [1.54, 1.807) is 0 Å². The Labute approximate surface area is 202 Å². The van der Waals surface area contributed by atoms with E-state index in [4.69, 9.17) is 0 Å². The molecule has 0 aliphatic rings. The lowest BCUT2D eigenvalue weighted by Gasteiger charge is -2.14. The first-order chi connectivity index (χ1) is 17.0. The zero-order valence-electron chi connectivity index (χ0n) is 20.2. The van der Waals surface area contributed by atoms with E-state index in [0.29, 0.717) is 24.4 Å². The number of halogens is 2. The summed E-state index contributed by atoms with van der Waals surface area (Å²) in [7, 11) is 0. The number of rotatable bonds is 10. The first-order valence-electron chi connectivity index (χ1n) is 12.0. The molecule has 2 aromatic carbocycles. The predicted molar refractivity (Wildman–Crippen MR) is 131 cm³/mol. The summed E-state index contributed by atoms with van der Waals surface area (Å²) in [4.78, 5) is 13.3. The molecule has 2 heterocycles. The van der Waals surface area contributed by atoms with Gasteiger partial charge in [0.05, 0.1) is 6.54 Å². The monoisotopic (exact) mass is 480 g/mol. The maximum absolute atomic E-state index is 14.1. The number of tetrazole rings is 1. The number of nitrogens with zero attached hydrogens (tertiary/aromatic N) is 5. The summed E-state index contributed by atoms with van der Waals surface area (Å²) < 4.78 is 31.1. The van der Waals surface area contributed by atoms with E-state index < -0.39 is 6.43 Å². The van der Waals surface area contributed by atoms with Crippen molar-refractivity contribution in [1.82, 2.24) is 29.8 Å². The Hall–Kier alpha value is -3.62. The van der Waals surface area contributed by atoms with Crippen molar-refractivity contribution in [1.29, 1.82) is 0 Å². The standard InChI is InChI=1S/C26H30F2N6O/c1-4-6-11-22-23(24(27)28)34(17(3)5-2)26(35)33(22)16-18-12-14-19(15-13-18)20-9-7-8-10-21(20)25-29-31-32-30-25/h7-10,12-15,17,24H,4-6,11,16H2,1-3H3,(H,29,30,31,32). The van der Waals surface area contributed by atoms with Gasteiger partial charge in [-0.2, -0.15) is 0 Å². The number of benzene rings is 2. The Morgan fingerprint density at radius 2 is 1.74 bits per heavy atom. The van der Waals surface area contributed by atoms with Crippen molar-refractivity contribution in [3.8, 4) is 22.5 Å². The Morgan fingerprint density at radius 3 is 2.34 bits per heavy atom.